The van der Waals surface area contributed by atoms with Gasteiger partial charge in [-0.15, -0.1) is 5.10 Å². The van der Waals surface area contributed by atoms with Gasteiger partial charge in [-0.2, -0.15) is 4.39 Å². The number of nitro groups is 1. The second-order valence-electron chi connectivity index (χ2n) is 3.37. The third-order valence-electron chi connectivity index (χ3n) is 2.17. The van der Waals surface area contributed by atoms with Crippen LogP contribution in [0.5, 0.6) is 0 Å². The normalized spacial score (nSPS) is 10.4. The molecule has 10 heteroatoms. The van der Waals surface area contributed by atoms with E-state index in [0.29, 0.717) is 16.8 Å². The number of benzene rings is 1. The molecule has 0 fully saturated rings. The Morgan fingerprint density at radius 2 is 2.05 bits per heavy atom. The van der Waals surface area contributed by atoms with E-state index in [2.05, 4.69) is 10.3 Å². The van der Waals surface area contributed by atoms with Crippen LogP contribution in [0.4, 0.5) is 14.5 Å². The molecule has 1 aromatic heterocycles. The Morgan fingerprint density at radius 1 is 1.37 bits per heavy atom. The highest BCUT2D eigenvalue weighted by Crippen LogP contribution is 2.23. The summed E-state index contributed by atoms with van der Waals surface area (Å²) in [7, 11) is 0. The van der Waals surface area contributed by atoms with Gasteiger partial charge in [0.05, 0.1) is 11.1 Å². The second kappa shape index (κ2) is 4.40. The summed E-state index contributed by atoms with van der Waals surface area (Å²) in [6.45, 7) is 0. The molecule has 98 valence electrons. The zero-order valence-electron chi connectivity index (χ0n) is 8.95. The Hall–Kier alpha value is -2.91. The van der Waals surface area contributed by atoms with Gasteiger partial charge in [-0.1, -0.05) is 5.21 Å². The van der Waals surface area contributed by atoms with E-state index >= 15 is 0 Å². The second-order valence-corrected chi connectivity index (χ2v) is 3.37. The lowest BCUT2D eigenvalue weighted by atomic mass is 10.2. The minimum Gasteiger partial charge on any atom is -0.476 e. The topological polar surface area (TPSA) is 111 Å². The van der Waals surface area contributed by atoms with Crippen molar-refractivity contribution < 1.29 is 23.6 Å². The van der Waals surface area contributed by atoms with Crippen LogP contribution in [0.25, 0.3) is 5.69 Å². The SMILES string of the molecule is O=C(O)c1cn(-c2cc([N+](=O)[O-])c(F)cc2F)nn1. The number of carboxylic acid groups (broad SMARTS) is 1. The average molecular weight is 270 g/mol. The predicted molar refractivity (Wildman–Crippen MR) is 54.9 cm³/mol. The number of halogens is 2. The van der Waals surface area contributed by atoms with Gasteiger partial charge in [-0.25, -0.2) is 13.9 Å². The molecule has 2 aromatic rings. The van der Waals surface area contributed by atoms with E-state index in [1.807, 2.05) is 0 Å². The Bertz CT molecular complexity index is 685. The molecule has 2 rings (SSSR count). The first-order valence-electron chi connectivity index (χ1n) is 4.69. The Morgan fingerprint density at radius 3 is 2.58 bits per heavy atom. The first kappa shape index (κ1) is 12.5. The van der Waals surface area contributed by atoms with Crippen LogP contribution in [-0.2, 0) is 0 Å². The quantitative estimate of drug-likeness (QED) is 0.661. The van der Waals surface area contributed by atoms with E-state index in [4.69, 9.17) is 5.11 Å². The van der Waals surface area contributed by atoms with E-state index in [1.165, 1.54) is 0 Å². The lowest BCUT2D eigenvalue weighted by Crippen LogP contribution is -2.02. The van der Waals surface area contributed by atoms with Gasteiger partial charge in [0.2, 0.25) is 5.82 Å². The number of rotatable bonds is 3. The van der Waals surface area contributed by atoms with Crippen molar-refractivity contribution in [1.29, 1.82) is 0 Å². The maximum atomic E-state index is 13.5. The molecule has 0 saturated carbocycles. The van der Waals surface area contributed by atoms with E-state index in [-0.39, 0.29) is 0 Å². The molecule has 1 heterocycles. The van der Waals surface area contributed by atoms with Crippen LogP contribution in [0.15, 0.2) is 18.3 Å². The van der Waals surface area contributed by atoms with E-state index in [0.717, 1.165) is 6.20 Å². The first-order valence-corrected chi connectivity index (χ1v) is 4.69. The third-order valence-corrected chi connectivity index (χ3v) is 2.17. The minimum absolute atomic E-state index is 0.315. The van der Waals surface area contributed by atoms with Crippen LogP contribution in [0, 0.1) is 21.7 Å². The van der Waals surface area contributed by atoms with Crippen molar-refractivity contribution in [2.24, 2.45) is 0 Å². The van der Waals surface area contributed by atoms with E-state index < -0.39 is 39.6 Å². The van der Waals surface area contributed by atoms with Crippen molar-refractivity contribution >= 4 is 11.7 Å². The monoisotopic (exact) mass is 270 g/mol. The molecule has 0 bridgehead atoms. The molecule has 1 N–H and O–H groups in total. The van der Waals surface area contributed by atoms with Gasteiger partial charge < -0.3 is 5.11 Å². The standard InChI is InChI=1S/C9H4F2N4O4/c10-4-1-5(11)8(15(18)19)2-7(4)14-3-6(9(16)17)12-13-14/h1-3H,(H,16,17). The molecular weight excluding hydrogens is 266 g/mol. The summed E-state index contributed by atoms with van der Waals surface area (Å²) in [5.41, 5.74) is -1.91. The maximum absolute atomic E-state index is 13.5. The van der Waals surface area contributed by atoms with Crippen molar-refractivity contribution in [2.75, 3.05) is 0 Å². The van der Waals surface area contributed by atoms with Crippen LogP contribution in [0.1, 0.15) is 10.5 Å². The van der Waals surface area contributed by atoms with Crippen LogP contribution >= 0.6 is 0 Å². The molecule has 0 spiro atoms. The number of hydrogen-bond donors (Lipinski definition) is 1. The summed E-state index contributed by atoms with van der Waals surface area (Å²) in [6.07, 6.45) is 0.850. The fraction of sp³-hybridized carbons (Fsp3) is 0. The molecule has 8 nitrogen and oxygen atoms in total. The van der Waals surface area contributed by atoms with Crippen LogP contribution in [0.2, 0.25) is 0 Å². The Labute approximate surface area is 103 Å². The van der Waals surface area contributed by atoms with Crippen molar-refractivity contribution in [3.05, 3.63) is 45.8 Å². The number of carboxylic acids is 1. The molecule has 0 aliphatic carbocycles. The highest BCUT2D eigenvalue weighted by molar-refractivity contribution is 5.84. The lowest BCUT2D eigenvalue weighted by Gasteiger charge is -2.02. The lowest BCUT2D eigenvalue weighted by molar-refractivity contribution is -0.387. The number of nitrogens with zero attached hydrogens (tertiary/aromatic N) is 4. The number of hydrogen-bond acceptors (Lipinski definition) is 5. The molecule has 0 aliphatic rings. The molecule has 1 aromatic carbocycles. The maximum Gasteiger partial charge on any atom is 0.358 e. The summed E-state index contributed by atoms with van der Waals surface area (Å²) in [6, 6.07) is 0.917. The van der Waals surface area contributed by atoms with Gasteiger partial charge in [-0.3, -0.25) is 10.1 Å². The van der Waals surface area contributed by atoms with Crippen molar-refractivity contribution in [3.63, 3.8) is 0 Å². The predicted octanol–water partition coefficient (Wildman–Crippen LogP) is 1.15. The van der Waals surface area contributed by atoms with Crippen molar-refractivity contribution in [3.8, 4) is 5.69 Å². The number of nitro benzene ring substituents is 1. The molecule has 0 amide bonds. The fourth-order valence-corrected chi connectivity index (χ4v) is 1.32. The first-order chi connectivity index (χ1) is 8.90. The Balaban J connectivity index is 2.57. The molecular formula is C9H4F2N4O4. The zero-order chi connectivity index (χ0) is 14.2. The average Bonchev–Trinajstić information content (AvgIpc) is 2.77. The zero-order valence-corrected chi connectivity index (χ0v) is 8.95. The smallest absolute Gasteiger partial charge is 0.358 e. The summed E-state index contributed by atoms with van der Waals surface area (Å²) in [5.74, 6) is -3.88. The van der Waals surface area contributed by atoms with Gasteiger partial charge in [-0.05, 0) is 0 Å². The molecule has 19 heavy (non-hydrogen) atoms. The van der Waals surface area contributed by atoms with Gasteiger partial charge in [0.1, 0.15) is 5.69 Å². The van der Waals surface area contributed by atoms with Crippen molar-refractivity contribution in [1.82, 2.24) is 15.0 Å². The van der Waals surface area contributed by atoms with Crippen LogP contribution < -0.4 is 0 Å². The van der Waals surface area contributed by atoms with Crippen molar-refractivity contribution in [2.45, 2.75) is 0 Å². The van der Waals surface area contributed by atoms with E-state index in [9.17, 15) is 23.7 Å². The number of carbonyl (C=O) groups is 1. The largest absolute Gasteiger partial charge is 0.476 e. The Kier molecular flexibility index (Phi) is 2.91. The van der Waals surface area contributed by atoms with Crippen LogP contribution in [-0.4, -0.2) is 31.0 Å². The van der Waals surface area contributed by atoms with Gasteiger partial charge >= 0.3 is 11.7 Å². The fourth-order valence-electron chi connectivity index (χ4n) is 1.32. The van der Waals surface area contributed by atoms with Gasteiger partial charge in [0.15, 0.2) is 11.5 Å². The summed E-state index contributed by atoms with van der Waals surface area (Å²) < 4.78 is 27.3. The molecule has 0 radical (unpaired) electrons. The third kappa shape index (κ3) is 2.22. The highest BCUT2D eigenvalue weighted by atomic mass is 19.1. The molecule has 0 saturated heterocycles. The van der Waals surface area contributed by atoms with Gasteiger partial charge in [0.25, 0.3) is 0 Å². The summed E-state index contributed by atoms with van der Waals surface area (Å²) in [4.78, 5) is 20.1. The molecule has 0 aliphatic heterocycles. The van der Waals surface area contributed by atoms with E-state index in [1.54, 1.807) is 0 Å². The summed E-state index contributed by atoms with van der Waals surface area (Å²) in [5, 5.41) is 25.7. The van der Waals surface area contributed by atoms with Gasteiger partial charge in [0, 0.05) is 12.1 Å². The molecule has 0 atom stereocenters. The highest BCUT2D eigenvalue weighted by Gasteiger charge is 2.21. The summed E-state index contributed by atoms with van der Waals surface area (Å²) >= 11 is 0. The molecule has 0 unspecified atom stereocenters. The number of aromatic carboxylic acids is 1. The number of aromatic nitrogens is 3. The van der Waals surface area contributed by atoms with Crippen LogP contribution in [0.3, 0.4) is 0 Å². The minimum atomic E-state index is -1.40.